The number of benzene rings is 2. The Bertz CT molecular complexity index is 1000. The van der Waals surface area contributed by atoms with Gasteiger partial charge in [-0.15, -0.1) is 0 Å². The molecule has 0 saturated carbocycles. The van der Waals surface area contributed by atoms with E-state index in [-0.39, 0.29) is 17.3 Å². The SMILES string of the molecule is CCOc1cc(S(=O)(=O)N[C@H](C)c2ccc(-n3ccnc3)cc2)ccc1F. The Kier molecular flexibility index (Phi) is 5.57. The van der Waals surface area contributed by atoms with Crippen LogP contribution >= 0.6 is 0 Å². The van der Waals surface area contributed by atoms with E-state index in [1.54, 1.807) is 26.4 Å². The lowest BCUT2D eigenvalue weighted by Crippen LogP contribution is -2.27. The minimum Gasteiger partial charge on any atom is -0.491 e. The van der Waals surface area contributed by atoms with Gasteiger partial charge in [-0.1, -0.05) is 12.1 Å². The van der Waals surface area contributed by atoms with Crippen molar-refractivity contribution in [3.63, 3.8) is 0 Å². The molecule has 6 nitrogen and oxygen atoms in total. The van der Waals surface area contributed by atoms with Gasteiger partial charge in [-0.2, -0.15) is 0 Å². The van der Waals surface area contributed by atoms with E-state index < -0.39 is 21.9 Å². The fraction of sp³-hybridized carbons (Fsp3) is 0.211. The highest BCUT2D eigenvalue weighted by atomic mass is 32.2. The average Bonchev–Trinajstić information content (AvgIpc) is 3.18. The maximum Gasteiger partial charge on any atom is 0.241 e. The molecule has 0 aliphatic carbocycles. The third-order valence-electron chi connectivity index (χ3n) is 4.04. The monoisotopic (exact) mass is 389 g/mol. The van der Waals surface area contributed by atoms with Gasteiger partial charge in [0.15, 0.2) is 11.6 Å². The third kappa shape index (κ3) is 4.35. The minimum atomic E-state index is -3.83. The summed E-state index contributed by atoms with van der Waals surface area (Å²) in [4.78, 5) is 3.95. The van der Waals surface area contributed by atoms with Crippen molar-refractivity contribution in [2.75, 3.05) is 6.61 Å². The quantitative estimate of drug-likeness (QED) is 0.672. The van der Waals surface area contributed by atoms with Crippen LogP contribution in [0.4, 0.5) is 4.39 Å². The van der Waals surface area contributed by atoms with Crippen LogP contribution in [-0.4, -0.2) is 24.6 Å². The Morgan fingerprint density at radius 2 is 1.96 bits per heavy atom. The number of sulfonamides is 1. The van der Waals surface area contributed by atoms with Gasteiger partial charge in [0.05, 0.1) is 17.8 Å². The van der Waals surface area contributed by atoms with E-state index >= 15 is 0 Å². The Labute approximate surface area is 157 Å². The first kappa shape index (κ1) is 19.1. The second-order valence-corrected chi connectivity index (χ2v) is 7.64. The number of nitrogens with one attached hydrogen (secondary N) is 1. The highest BCUT2D eigenvalue weighted by Crippen LogP contribution is 2.24. The Hall–Kier alpha value is -2.71. The van der Waals surface area contributed by atoms with Gasteiger partial charge in [0, 0.05) is 30.2 Å². The third-order valence-corrected chi connectivity index (χ3v) is 5.58. The summed E-state index contributed by atoms with van der Waals surface area (Å²) in [5.74, 6) is -0.684. The number of aromatic nitrogens is 2. The summed E-state index contributed by atoms with van der Waals surface area (Å²) in [5, 5.41) is 0. The maximum atomic E-state index is 13.7. The van der Waals surface area contributed by atoms with E-state index in [2.05, 4.69) is 9.71 Å². The fourth-order valence-electron chi connectivity index (χ4n) is 2.63. The lowest BCUT2D eigenvalue weighted by Gasteiger charge is -2.16. The van der Waals surface area contributed by atoms with Crippen molar-refractivity contribution in [2.45, 2.75) is 24.8 Å². The van der Waals surface area contributed by atoms with Gasteiger partial charge in [0.1, 0.15) is 0 Å². The number of halogens is 1. The van der Waals surface area contributed by atoms with E-state index in [4.69, 9.17) is 4.74 Å². The molecule has 0 spiro atoms. The first-order valence-electron chi connectivity index (χ1n) is 8.43. The molecule has 0 aliphatic rings. The number of hydrogen-bond acceptors (Lipinski definition) is 4. The Morgan fingerprint density at radius 3 is 2.59 bits per heavy atom. The van der Waals surface area contributed by atoms with Crippen LogP contribution in [0.1, 0.15) is 25.5 Å². The summed E-state index contributed by atoms with van der Waals surface area (Å²) in [6.07, 6.45) is 5.20. The zero-order valence-corrected chi connectivity index (χ0v) is 15.8. The van der Waals surface area contributed by atoms with Crippen molar-refractivity contribution < 1.29 is 17.5 Å². The van der Waals surface area contributed by atoms with E-state index in [0.717, 1.165) is 17.3 Å². The summed E-state index contributed by atoms with van der Waals surface area (Å²) >= 11 is 0. The highest BCUT2D eigenvalue weighted by Gasteiger charge is 2.20. The molecule has 1 heterocycles. The van der Waals surface area contributed by atoms with Crippen molar-refractivity contribution in [2.24, 2.45) is 0 Å². The lowest BCUT2D eigenvalue weighted by atomic mass is 10.1. The van der Waals surface area contributed by atoms with Gasteiger partial charge in [-0.05, 0) is 43.7 Å². The molecular weight excluding hydrogens is 369 g/mol. The predicted octanol–water partition coefficient (Wildman–Crippen LogP) is 3.45. The van der Waals surface area contributed by atoms with Crippen molar-refractivity contribution in [1.82, 2.24) is 14.3 Å². The smallest absolute Gasteiger partial charge is 0.241 e. The molecule has 1 N–H and O–H groups in total. The largest absolute Gasteiger partial charge is 0.491 e. The van der Waals surface area contributed by atoms with Crippen molar-refractivity contribution >= 4 is 10.0 Å². The van der Waals surface area contributed by atoms with Gasteiger partial charge < -0.3 is 9.30 Å². The maximum absolute atomic E-state index is 13.7. The van der Waals surface area contributed by atoms with Crippen LogP contribution in [-0.2, 0) is 10.0 Å². The van der Waals surface area contributed by atoms with Crippen molar-refractivity contribution in [3.05, 3.63) is 72.6 Å². The Balaban J connectivity index is 1.78. The molecular formula is C19H20FN3O3S. The van der Waals surface area contributed by atoms with Crippen LogP contribution in [0.15, 0.2) is 66.1 Å². The van der Waals surface area contributed by atoms with Gasteiger partial charge in [0.25, 0.3) is 0 Å². The van der Waals surface area contributed by atoms with Gasteiger partial charge in [-0.25, -0.2) is 22.5 Å². The number of rotatable bonds is 7. The molecule has 8 heteroatoms. The standard InChI is InChI=1S/C19H20FN3O3S/c1-3-26-19-12-17(8-9-18(19)20)27(24,25)22-14(2)15-4-6-16(7-5-15)23-11-10-21-13-23/h4-14,22H,3H2,1-2H3/t14-/m1/s1. The van der Waals surface area contributed by atoms with Gasteiger partial charge in [0.2, 0.25) is 10.0 Å². The summed E-state index contributed by atoms with van der Waals surface area (Å²) in [6, 6.07) is 10.5. The average molecular weight is 389 g/mol. The number of hydrogen-bond donors (Lipinski definition) is 1. The Morgan fingerprint density at radius 1 is 1.22 bits per heavy atom. The molecule has 27 heavy (non-hydrogen) atoms. The molecule has 1 atom stereocenters. The molecule has 3 aromatic rings. The highest BCUT2D eigenvalue weighted by molar-refractivity contribution is 7.89. The zero-order valence-electron chi connectivity index (χ0n) is 15.0. The molecule has 3 rings (SSSR count). The van der Waals surface area contributed by atoms with Crippen LogP contribution in [0.3, 0.4) is 0 Å². The number of nitrogens with zero attached hydrogens (tertiary/aromatic N) is 2. The van der Waals surface area contributed by atoms with Crippen molar-refractivity contribution in [1.29, 1.82) is 0 Å². The van der Waals surface area contributed by atoms with Gasteiger partial charge >= 0.3 is 0 Å². The minimum absolute atomic E-state index is 0.0470. The fourth-order valence-corrected chi connectivity index (χ4v) is 3.88. The van der Waals surface area contributed by atoms with E-state index in [9.17, 15) is 12.8 Å². The molecule has 0 radical (unpaired) electrons. The molecule has 142 valence electrons. The molecule has 0 saturated heterocycles. The molecule has 0 bridgehead atoms. The van der Waals surface area contributed by atoms with Crippen molar-refractivity contribution in [3.8, 4) is 11.4 Å². The number of imidazole rings is 1. The second-order valence-electron chi connectivity index (χ2n) is 5.93. The molecule has 0 aliphatic heterocycles. The van der Waals surface area contributed by atoms with E-state index in [0.29, 0.717) is 0 Å². The van der Waals surface area contributed by atoms with Crippen LogP contribution in [0, 0.1) is 5.82 Å². The molecule has 0 unspecified atom stereocenters. The summed E-state index contributed by atoms with van der Waals surface area (Å²) in [5.41, 5.74) is 1.72. The zero-order chi connectivity index (χ0) is 19.4. The normalized spacial score (nSPS) is 12.7. The summed E-state index contributed by atoms with van der Waals surface area (Å²) in [6.45, 7) is 3.69. The van der Waals surface area contributed by atoms with Crippen LogP contribution in [0.2, 0.25) is 0 Å². The van der Waals surface area contributed by atoms with E-state index in [1.165, 1.54) is 12.1 Å². The second kappa shape index (κ2) is 7.89. The van der Waals surface area contributed by atoms with Crippen LogP contribution in [0.5, 0.6) is 5.75 Å². The first-order valence-corrected chi connectivity index (χ1v) is 9.92. The molecule has 2 aromatic carbocycles. The number of ether oxygens (including phenoxy) is 1. The molecule has 1 aromatic heterocycles. The first-order chi connectivity index (χ1) is 12.9. The topological polar surface area (TPSA) is 73.2 Å². The predicted molar refractivity (Wildman–Crippen MR) is 99.9 cm³/mol. The lowest BCUT2D eigenvalue weighted by molar-refractivity contribution is 0.320. The summed E-state index contributed by atoms with van der Waals surface area (Å²) < 4.78 is 48.5. The van der Waals surface area contributed by atoms with Crippen LogP contribution < -0.4 is 9.46 Å². The summed E-state index contributed by atoms with van der Waals surface area (Å²) in [7, 11) is -3.83. The van der Waals surface area contributed by atoms with E-state index in [1.807, 2.05) is 35.0 Å². The van der Waals surface area contributed by atoms with Gasteiger partial charge in [-0.3, -0.25) is 0 Å². The molecule has 0 fully saturated rings. The van der Waals surface area contributed by atoms with Crippen LogP contribution in [0.25, 0.3) is 5.69 Å². The molecule has 0 amide bonds.